The van der Waals surface area contributed by atoms with E-state index in [4.69, 9.17) is 0 Å². The maximum Gasteiger partial charge on any atom is 0.431 e. The van der Waals surface area contributed by atoms with Crippen molar-refractivity contribution in [2.75, 3.05) is 6.67 Å². The maximum absolute atomic E-state index is 12.6. The molecule has 1 unspecified atom stereocenters. The summed E-state index contributed by atoms with van der Waals surface area (Å²) in [6.45, 7) is -3.91. The van der Waals surface area contributed by atoms with Crippen LogP contribution in [0.25, 0.3) is 0 Å². The molecule has 0 aromatic heterocycles. The quantitative estimate of drug-likeness (QED) is 0.670. The van der Waals surface area contributed by atoms with Crippen molar-refractivity contribution in [1.82, 2.24) is 0 Å². The van der Waals surface area contributed by atoms with Crippen molar-refractivity contribution in [3.05, 3.63) is 0 Å². The predicted molar refractivity (Wildman–Crippen MR) is 31.4 cm³/mol. The summed E-state index contributed by atoms with van der Waals surface area (Å²) in [5.41, 5.74) is -5.89. The van der Waals surface area contributed by atoms with Crippen LogP contribution < -0.4 is 0 Å². The Morgan fingerprint density at radius 3 is 1.20 bits per heavy atom. The fraction of sp³-hybridized carbons (Fsp3) is 1.00. The normalized spacial score (nSPS) is 18.8. The zero-order valence-corrected chi connectivity index (χ0v) is 7.11. The highest BCUT2D eigenvalue weighted by Gasteiger charge is 2.78. The average Bonchev–Trinajstić information content (AvgIpc) is 1.98. The Kier molecular flexibility index (Phi) is 3.30. The number of halogens is 9. The highest BCUT2D eigenvalue weighted by molar-refractivity contribution is 5.05. The Morgan fingerprint density at radius 1 is 0.800 bits per heavy atom. The number of hydrogen-bond acceptors (Lipinski definition) is 0. The van der Waals surface area contributed by atoms with Crippen molar-refractivity contribution < 1.29 is 39.5 Å². The van der Waals surface area contributed by atoms with E-state index < -0.39 is 37.3 Å². The maximum atomic E-state index is 12.6. The molecule has 0 rings (SSSR count). The molecule has 0 amide bonds. The van der Waals surface area contributed by atoms with Gasteiger partial charge in [0.15, 0.2) is 0 Å². The summed E-state index contributed by atoms with van der Waals surface area (Å²) in [6.07, 6.45) is -6.43. The van der Waals surface area contributed by atoms with Gasteiger partial charge in [0.25, 0.3) is 0 Å². The minimum Gasteiger partial charge on any atom is -0.247 e. The zero-order valence-electron chi connectivity index (χ0n) is 7.11. The van der Waals surface area contributed by atoms with Crippen LogP contribution in [0, 0.1) is 0 Å². The molecule has 15 heavy (non-hydrogen) atoms. The first kappa shape index (κ1) is 14.4. The van der Waals surface area contributed by atoms with E-state index in [-0.39, 0.29) is 0 Å². The van der Waals surface area contributed by atoms with E-state index in [0.29, 0.717) is 0 Å². The van der Waals surface area contributed by atoms with Gasteiger partial charge in [-0.1, -0.05) is 0 Å². The largest absolute Gasteiger partial charge is 0.431 e. The number of rotatable bonds is 3. The molecule has 0 heterocycles. The smallest absolute Gasteiger partial charge is 0.247 e. The molecule has 0 saturated carbocycles. The van der Waals surface area contributed by atoms with Gasteiger partial charge in [0, 0.05) is 6.92 Å². The molecule has 92 valence electrons. The second-order valence-electron chi connectivity index (χ2n) is 2.90. The first-order chi connectivity index (χ1) is 6.31. The molecular weight excluding hydrogens is 243 g/mol. The summed E-state index contributed by atoms with van der Waals surface area (Å²) >= 11 is 0. The van der Waals surface area contributed by atoms with Crippen molar-refractivity contribution >= 4 is 0 Å². The Labute approximate surface area is 78.1 Å². The molecule has 1 atom stereocenters. The van der Waals surface area contributed by atoms with Gasteiger partial charge in [-0.3, -0.25) is 0 Å². The fourth-order valence-corrected chi connectivity index (χ4v) is 0.686. The molecule has 0 N–H and O–H groups in total. The van der Waals surface area contributed by atoms with E-state index >= 15 is 0 Å². The number of alkyl halides is 9. The van der Waals surface area contributed by atoms with Crippen LogP contribution in [0.3, 0.4) is 0 Å². The first-order valence-corrected chi connectivity index (χ1v) is 3.38. The van der Waals surface area contributed by atoms with E-state index in [2.05, 4.69) is 0 Å². The van der Waals surface area contributed by atoms with E-state index in [0.717, 1.165) is 0 Å². The molecule has 0 nitrogen and oxygen atoms in total. The van der Waals surface area contributed by atoms with Gasteiger partial charge in [-0.25, -0.2) is 17.6 Å². The van der Waals surface area contributed by atoms with Gasteiger partial charge in [-0.05, 0) is 0 Å². The summed E-state index contributed by atoms with van der Waals surface area (Å²) in [5, 5.41) is 0. The van der Waals surface area contributed by atoms with E-state index in [1.165, 1.54) is 0 Å². The molecular formula is C6H5F9. The molecule has 0 saturated heterocycles. The van der Waals surface area contributed by atoms with Gasteiger partial charge in [0.05, 0.1) is 0 Å². The molecule has 0 aromatic rings. The van der Waals surface area contributed by atoms with Crippen LogP contribution >= 0.6 is 0 Å². The van der Waals surface area contributed by atoms with Crippen LogP contribution in [0.5, 0.6) is 0 Å². The fourth-order valence-electron chi connectivity index (χ4n) is 0.686. The van der Waals surface area contributed by atoms with E-state index in [1.54, 1.807) is 0 Å². The third kappa shape index (κ3) is 2.00. The van der Waals surface area contributed by atoms with Crippen LogP contribution in [0.1, 0.15) is 6.92 Å². The van der Waals surface area contributed by atoms with Crippen LogP contribution in [-0.4, -0.2) is 30.4 Å². The average molecular weight is 248 g/mol. The Hall–Kier alpha value is -0.630. The molecule has 0 aromatic carbocycles. The number of hydrogen-bond donors (Lipinski definition) is 0. The van der Waals surface area contributed by atoms with Gasteiger partial charge in [0.2, 0.25) is 0 Å². The van der Waals surface area contributed by atoms with Crippen LogP contribution in [0.2, 0.25) is 0 Å². The minimum absolute atomic E-state index is 0.622. The summed E-state index contributed by atoms with van der Waals surface area (Å²) in [7, 11) is 0. The predicted octanol–water partition coefficient (Wildman–Crippen LogP) is 3.52. The third-order valence-electron chi connectivity index (χ3n) is 1.68. The van der Waals surface area contributed by atoms with Crippen molar-refractivity contribution in [3.8, 4) is 0 Å². The summed E-state index contributed by atoms with van der Waals surface area (Å²) in [6, 6.07) is 0. The second-order valence-corrected chi connectivity index (χ2v) is 2.90. The monoisotopic (exact) mass is 248 g/mol. The van der Waals surface area contributed by atoms with Gasteiger partial charge in [-0.15, -0.1) is 0 Å². The highest BCUT2D eigenvalue weighted by Crippen LogP contribution is 2.52. The summed E-state index contributed by atoms with van der Waals surface area (Å²) < 4.78 is 108. The highest BCUT2D eigenvalue weighted by atomic mass is 19.4. The molecule has 0 radical (unpaired) electrons. The van der Waals surface area contributed by atoms with Crippen molar-refractivity contribution in [1.29, 1.82) is 0 Å². The van der Waals surface area contributed by atoms with Gasteiger partial charge in [-0.2, -0.15) is 22.0 Å². The minimum atomic E-state index is -6.43. The Bertz CT molecular complexity index is 224. The van der Waals surface area contributed by atoms with Crippen LogP contribution in [0.15, 0.2) is 0 Å². The molecule has 0 aliphatic rings. The lowest BCUT2D eigenvalue weighted by Crippen LogP contribution is -2.63. The molecule has 0 aliphatic heterocycles. The second kappa shape index (κ2) is 3.44. The SMILES string of the molecule is CC(F)(F)C(F)(F)C(F)(CF)C(F)(F)F. The summed E-state index contributed by atoms with van der Waals surface area (Å²) in [5.74, 6) is -11.5. The van der Waals surface area contributed by atoms with Crippen molar-refractivity contribution in [2.24, 2.45) is 0 Å². The first-order valence-electron chi connectivity index (χ1n) is 3.38. The molecule has 0 spiro atoms. The van der Waals surface area contributed by atoms with E-state index in [9.17, 15) is 39.5 Å². The van der Waals surface area contributed by atoms with Crippen molar-refractivity contribution in [3.63, 3.8) is 0 Å². The van der Waals surface area contributed by atoms with Crippen LogP contribution in [0.4, 0.5) is 39.5 Å². The molecule has 0 bridgehead atoms. The summed E-state index contributed by atoms with van der Waals surface area (Å²) in [4.78, 5) is 0. The topological polar surface area (TPSA) is 0 Å². The van der Waals surface area contributed by atoms with Gasteiger partial charge in [0.1, 0.15) is 6.67 Å². The third-order valence-corrected chi connectivity index (χ3v) is 1.68. The van der Waals surface area contributed by atoms with Gasteiger partial charge >= 0.3 is 23.7 Å². The van der Waals surface area contributed by atoms with Gasteiger partial charge < -0.3 is 0 Å². The Morgan fingerprint density at radius 2 is 1.13 bits per heavy atom. The lowest BCUT2D eigenvalue weighted by atomic mass is 9.94. The van der Waals surface area contributed by atoms with E-state index in [1.807, 2.05) is 0 Å². The zero-order chi connectivity index (χ0) is 12.7. The molecule has 0 fully saturated rings. The molecule has 0 aliphatic carbocycles. The van der Waals surface area contributed by atoms with Crippen molar-refractivity contribution in [2.45, 2.75) is 30.6 Å². The lowest BCUT2D eigenvalue weighted by Gasteiger charge is -2.35. The lowest BCUT2D eigenvalue weighted by molar-refractivity contribution is -0.352. The Balaban J connectivity index is 5.50. The van der Waals surface area contributed by atoms with Crippen LogP contribution in [-0.2, 0) is 0 Å². The standard InChI is InChI=1S/C6H5F9/c1-3(8,9)5(11,12)4(10,2-7)6(13,14)15/h2H2,1H3. The molecule has 9 heteroatoms.